The van der Waals surface area contributed by atoms with Crippen LogP contribution in [0.15, 0.2) is 6.07 Å². The highest BCUT2D eigenvalue weighted by molar-refractivity contribution is 7.23. The molecule has 2 heterocycles. The van der Waals surface area contributed by atoms with Crippen molar-refractivity contribution in [1.29, 1.82) is 0 Å². The molecule has 2 aromatic rings. The van der Waals surface area contributed by atoms with Gasteiger partial charge in [0.2, 0.25) is 0 Å². The molecule has 2 aromatic heterocycles. The van der Waals surface area contributed by atoms with E-state index in [1.807, 2.05) is 0 Å². The number of aromatic amines is 1. The van der Waals surface area contributed by atoms with Crippen LogP contribution in [0.4, 0.5) is 0 Å². The van der Waals surface area contributed by atoms with Crippen molar-refractivity contribution in [2.75, 3.05) is 0 Å². The molecule has 0 aliphatic carbocycles. The topological polar surface area (TPSA) is 15.8 Å². The van der Waals surface area contributed by atoms with E-state index in [4.69, 9.17) is 23.2 Å². The van der Waals surface area contributed by atoms with Gasteiger partial charge in [0.15, 0.2) is 0 Å². The molecule has 0 aliphatic heterocycles. The summed E-state index contributed by atoms with van der Waals surface area (Å²) in [5.41, 5.74) is 2.18. The van der Waals surface area contributed by atoms with E-state index < -0.39 is 0 Å². The summed E-state index contributed by atoms with van der Waals surface area (Å²) in [6.07, 6.45) is 0. The second-order valence-corrected chi connectivity index (χ2v) is 5.34. The SMILES string of the molecule is CC(C)c1cc2sc(Cl)c(Cl)c2[nH]1. The van der Waals surface area contributed by atoms with E-state index in [9.17, 15) is 0 Å². The van der Waals surface area contributed by atoms with Crippen LogP contribution in [0.3, 0.4) is 0 Å². The van der Waals surface area contributed by atoms with Gasteiger partial charge in [0.25, 0.3) is 0 Å². The number of thiophene rings is 1. The second-order valence-electron chi connectivity index (χ2n) is 3.31. The molecule has 0 radical (unpaired) electrons. The molecule has 0 amide bonds. The molecule has 13 heavy (non-hydrogen) atoms. The molecular weight excluding hydrogens is 225 g/mol. The third-order valence-electron chi connectivity index (χ3n) is 2.02. The zero-order valence-corrected chi connectivity index (χ0v) is 9.65. The van der Waals surface area contributed by atoms with Crippen LogP contribution in [0.2, 0.25) is 9.36 Å². The summed E-state index contributed by atoms with van der Waals surface area (Å²) in [5.74, 6) is 0.495. The molecule has 0 unspecified atom stereocenters. The van der Waals surface area contributed by atoms with E-state index in [2.05, 4.69) is 24.9 Å². The van der Waals surface area contributed by atoms with Gasteiger partial charge in [-0.1, -0.05) is 37.0 Å². The van der Waals surface area contributed by atoms with Crippen molar-refractivity contribution in [3.05, 3.63) is 21.1 Å². The summed E-state index contributed by atoms with van der Waals surface area (Å²) in [7, 11) is 0. The smallest absolute Gasteiger partial charge is 0.114 e. The lowest BCUT2D eigenvalue weighted by molar-refractivity contribution is 0.836. The van der Waals surface area contributed by atoms with Crippen molar-refractivity contribution in [3.8, 4) is 0 Å². The predicted molar refractivity (Wildman–Crippen MR) is 60.3 cm³/mol. The first-order valence-corrected chi connectivity index (χ1v) is 5.63. The Kier molecular flexibility index (Phi) is 2.30. The number of nitrogens with one attached hydrogen (secondary N) is 1. The molecule has 2 rings (SSSR count). The largest absolute Gasteiger partial charge is 0.356 e. The first-order valence-electron chi connectivity index (χ1n) is 4.06. The number of halogens is 2. The number of aromatic nitrogens is 1. The second kappa shape index (κ2) is 3.19. The normalized spacial score (nSPS) is 11.8. The zero-order chi connectivity index (χ0) is 9.59. The molecule has 4 heteroatoms. The molecule has 0 atom stereocenters. The lowest BCUT2D eigenvalue weighted by atomic mass is 10.1. The number of hydrogen-bond donors (Lipinski definition) is 1. The monoisotopic (exact) mass is 233 g/mol. The van der Waals surface area contributed by atoms with E-state index in [0.29, 0.717) is 15.3 Å². The summed E-state index contributed by atoms with van der Waals surface area (Å²) in [5, 5.41) is 0.647. The van der Waals surface area contributed by atoms with Crippen LogP contribution in [0.5, 0.6) is 0 Å². The van der Waals surface area contributed by atoms with Crippen molar-refractivity contribution >= 4 is 44.8 Å². The van der Waals surface area contributed by atoms with E-state index in [-0.39, 0.29) is 0 Å². The third-order valence-corrected chi connectivity index (χ3v) is 3.95. The Balaban J connectivity index is 2.65. The zero-order valence-electron chi connectivity index (χ0n) is 7.32. The van der Waals surface area contributed by atoms with Crippen LogP contribution in [-0.2, 0) is 0 Å². The van der Waals surface area contributed by atoms with Gasteiger partial charge in [0.05, 0.1) is 15.2 Å². The lowest BCUT2D eigenvalue weighted by Crippen LogP contribution is -1.84. The van der Waals surface area contributed by atoms with Gasteiger partial charge in [-0.2, -0.15) is 0 Å². The minimum Gasteiger partial charge on any atom is -0.356 e. The fourth-order valence-corrected chi connectivity index (χ4v) is 2.74. The predicted octanol–water partition coefficient (Wildman–Crippen LogP) is 4.66. The minimum atomic E-state index is 0.495. The quantitative estimate of drug-likeness (QED) is 0.738. The van der Waals surface area contributed by atoms with E-state index in [0.717, 1.165) is 10.2 Å². The molecule has 0 bridgehead atoms. The average molecular weight is 234 g/mol. The minimum absolute atomic E-state index is 0.495. The Morgan fingerprint density at radius 2 is 2.08 bits per heavy atom. The van der Waals surface area contributed by atoms with Crippen LogP contribution in [0, 0.1) is 0 Å². The van der Waals surface area contributed by atoms with Crippen molar-refractivity contribution in [3.63, 3.8) is 0 Å². The Morgan fingerprint density at radius 3 is 2.62 bits per heavy atom. The van der Waals surface area contributed by atoms with Crippen LogP contribution in [-0.4, -0.2) is 4.98 Å². The molecule has 0 fully saturated rings. The van der Waals surface area contributed by atoms with Gasteiger partial charge in [-0.3, -0.25) is 0 Å². The number of H-pyrrole nitrogens is 1. The number of fused-ring (bicyclic) bond motifs is 1. The maximum Gasteiger partial charge on any atom is 0.114 e. The van der Waals surface area contributed by atoms with Gasteiger partial charge in [0, 0.05) is 5.69 Å². The summed E-state index contributed by atoms with van der Waals surface area (Å²) >= 11 is 13.4. The first kappa shape index (κ1) is 9.38. The molecule has 1 N–H and O–H groups in total. The summed E-state index contributed by atoms with van der Waals surface area (Å²) in [4.78, 5) is 3.28. The number of hydrogen-bond acceptors (Lipinski definition) is 1. The van der Waals surface area contributed by atoms with E-state index >= 15 is 0 Å². The van der Waals surface area contributed by atoms with E-state index in [1.165, 1.54) is 17.0 Å². The first-order chi connectivity index (χ1) is 6.09. The molecule has 0 spiro atoms. The van der Waals surface area contributed by atoms with Gasteiger partial charge in [-0.25, -0.2) is 0 Å². The van der Waals surface area contributed by atoms with Gasteiger partial charge < -0.3 is 4.98 Å². The maximum atomic E-state index is 6.01. The van der Waals surface area contributed by atoms with Gasteiger partial charge in [0.1, 0.15) is 4.34 Å². The van der Waals surface area contributed by atoms with Crippen molar-refractivity contribution in [2.45, 2.75) is 19.8 Å². The van der Waals surface area contributed by atoms with Gasteiger partial charge in [-0.05, 0) is 12.0 Å². The molecule has 70 valence electrons. The molecule has 1 nitrogen and oxygen atoms in total. The van der Waals surface area contributed by atoms with E-state index in [1.54, 1.807) is 0 Å². The Morgan fingerprint density at radius 1 is 1.38 bits per heavy atom. The van der Waals surface area contributed by atoms with Crippen molar-refractivity contribution in [1.82, 2.24) is 4.98 Å². The average Bonchev–Trinajstić information content (AvgIpc) is 2.55. The lowest BCUT2D eigenvalue weighted by Gasteiger charge is -1.98. The highest BCUT2D eigenvalue weighted by Gasteiger charge is 2.12. The van der Waals surface area contributed by atoms with Crippen LogP contribution >= 0.6 is 34.5 Å². The summed E-state index contributed by atoms with van der Waals surface area (Å²) in [6, 6.07) is 2.11. The van der Waals surface area contributed by atoms with Crippen molar-refractivity contribution < 1.29 is 0 Å². The molecular formula is C9H9Cl2NS. The third kappa shape index (κ3) is 1.47. The summed E-state index contributed by atoms with van der Waals surface area (Å²) < 4.78 is 1.80. The molecule has 0 aliphatic rings. The fourth-order valence-electron chi connectivity index (χ4n) is 1.25. The number of rotatable bonds is 1. The van der Waals surface area contributed by atoms with Crippen molar-refractivity contribution in [2.24, 2.45) is 0 Å². The highest BCUT2D eigenvalue weighted by atomic mass is 35.5. The highest BCUT2D eigenvalue weighted by Crippen LogP contribution is 2.39. The van der Waals surface area contributed by atoms with Crippen LogP contribution in [0.25, 0.3) is 10.2 Å². The maximum absolute atomic E-state index is 6.01. The Bertz CT molecular complexity index is 442. The molecule has 0 aromatic carbocycles. The molecule has 0 saturated carbocycles. The van der Waals surface area contributed by atoms with Crippen LogP contribution in [0.1, 0.15) is 25.5 Å². The van der Waals surface area contributed by atoms with Crippen LogP contribution < -0.4 is 0 Å². The fraction of sp³-hybridized carbons (Fsp3) is 0.333. The summed E-state index contributed by atoms with van der Waals surface area (Å²) in [6.45, 7) is 4.29. The van der Waals surface area contributed by atoms with Gasteiger partial charge in [-0.15, -0.1) is 11.3 Å². The Labute approximate surface area is 90.7 Å². The Hall–Kier alpha value is -0.180. The van der Waals surface area contributed by atoms with Gasteiger partial charge >= 0.3 is 0 Å². The molecule has 0 saturated heterocycles. The standard InChI is InChI=1S/C9H9Cl2NS/c1-4(2)5-3-6-8(12-5)7(10)9(11)13-6/h3-4,12H,1-2H3.